The lowest BCUT2D eigenvalue weighted by molar-refractivity contribution is 0.0947. The molecule has 2 rings (SSSR count). The molecule has 8 nitrogen and oxygen atoms in total. The number of hydrogen-bond acceptors (Lipinski definition) is 7. The number of nitrogens with zero attached hydrogens (tertiary/aromatic N) is 4. The highest BCUT2D eigenvalue weighted by Gasteiger charge is 2.31. The molecular weight excluding hydrogens is 330 g/mol. The molecule has 0 spiro atoms. The lowest BCUT2D eigenvalue weighted by atomic mass is 10.2. The predicted molar refractivity (Wildman–Crippen MR) is 93.0 cm³/mol. The summed E-state index contributed by atoms with van der Waals surface area (Å²) in [6.07, 6.45) is 2.77. The van der Waals surface area contributed by atoms with Gasteiger partial charge in [0, 0.05) is 25.7 Å². The fourth-order valence-corrected chi connectivity index (χ4v) is 4.39. The summed E-state index contributed by atoms with van der Waals surface area (Å²) in [7, 11) is 2.80. The van der Waals surface area contributed by atoms with Crippen LogP contribution in [0, 0.1) is 0 Å². The van der Waals surface area contributed by atoms with Crippen LogP contribution in [0.1, 0.15) is 23.3 Å². The van der Waals surface area contributed by atoms with Gasteiger partial charge in [0.05, 0.1) is 11.5 Å². The fourth-order valence-electron chi connectivity index (χ4n) is 2.62. The lowest BCUT2D eigenvalue weighted by Crippen LogP contribution is -2.34. The zero-order valence-electron chi connectivity index (χ0n) is 14.4. The second-order valence-electron chi connectivity index (χ2n) is 6.34. The van der Waals surface area contributed by atoms with E-state index < -0.39 is 9.84 Å². The molecular formula is C15H25N5O3S. The standard InChI is InChI=1S/C15H25N5O3S/c1-19(2)7-4-6-16-15(21)13-9-14(18-11-17-13)20(3)12-5-8-24(22,23)10-12/h9,11-12H,4-8,10H2,1-3H3,(H,16,21). The van der Waals surface area contributed by atoms with Crippen LogP contribution in [-0.4, -0.2) is 81.0 Å². The fraction of sp³-hybridized carbons (Fsp3) is 0.667. The molecule has 1 unspecified atom stereocenters. The van der Waals surface area contributed by atoms with Crippen molar-refractivity contribution in [3.63, 3.8) is 0 Å². The Balaban J connectivity index is 1.96. The van der Waals surface area contributed by atoms with Gasteiger partial charge in [0.1, 0.15) is 17.8 Å². The zero-order chi connectivity index (χ0) is 17.7. The van der Waals surface area contributed by atoms with E-state index in [1.165, 1.54) is 6.33 Å². The van der Waals surface area contributed by atoms with Gasteiger partial charge < -0.3 is 15.1 Å². The number of carbonyl (C=O) groups excluding carboxylic acids is 1. The maximum Gasteiger partial charge on any atom is 0.270 e. The van der Waals surface area contributed by atoms with Crippen molar-refractivity contribution in [3.8, 4) is 0 Å². The molecule has 1 fully saturated rings. The van der Waals surface area contributed by atoms with Gasteiger partial charge in [-0.3, -0.25) is 4.79 Å². The Morgan fingerprint density at radius 2 is 2.08 bits per heavy atom. The first kappa shape index (κ1) is 18.6. The largest absolute Gasteiger partial charge is 0.356 e. The molecule has 9 heteroatoms. The van der Waals surface area contributed by atoms with Crippen LogP contribution in [0.4, 0.5) is 5.82 Å². The molecule has 2 heterocycles. The highest BCUT2D eigenvalue weighted by atomic mass is 32.2. The number of anilines is 1. The van der Waals surface area contributed by atoms with E-state index in [1.807, 2.05) is 19.0 Å². The third kappa shape index (κ3) is 5.13. The van der Waals surface area contributed by atoms with Crippen LogP contribution in [-0.2, 0) is 9.84 Å². The minimum Gasteiger partial charge on any atom is -0.356 e. The quantitative estimate of drug-likeness (QED) is 0.676. The van der Waals surface area contributed by atoms with Gasteiger partial charge in [-0.05, 0) is 33.5 Å². The van der Waals surface area contributed by atoms with E-state index in [0.29, 0.717) is 18.8 Å². The molecule has 0 bridgehead atoms. The Labute approximate surface area is 143 Å². The van der Waals surface area contributed by atoms with E-state index in [9.17, 15) is 13.2 Å². The smallest absolute Gasteiger partial charge is 0.270 e. The van der Waals surface area contributed by atoms with Crippen molar-refractivity contribution >= 4 is 21.6 Å². The third-order valence-corrected chi connectivity index (χ3v) is 5.82. The first-order valence-corrected chi connectivity index (χ1v) is 9.79. The summed E-state index contributed by atoms with van der Waals surface area (Å²) >= 11 is 0. The average molecular weight is 355 g/mol. The summed E-state index contributed by atoms with van der Waals surface area (Å²) in [5.41, 5.74) is 0.289. The topological polar surface area (TPSA) is 95.5 Å². The number of sulfone groups is 1. The van der Waals surface area contributed by atoms with Gasteiger partial charge in [0.15, 0.2) is 9.84 Å². The molecule has 0 radical (unpaired) electrons. The number of carbonyl (C=O) groups is 1. The monoisotopic (exact) mass is 355 g/mol. The van der Waals surface area contributed by atoms with Crippen LogP contribution >= 0.6 is 0 Å². The molecule has 24 heavy (non-hydrogen) atoms. The average Bonchev–Trinajstić information content (AvgIpc) is 2.90. The summed E-state index contributed by atoms with van der Waals surface area (Å²) in [5.74, 6) is 0.640. The Hall–Kier alpha value is -1.74. The molecule has 1 amide bonds. The van der Waals surface area contributed by atoms with Gasteiger partial charge in [-0.15, -0.1) is 0 Å². The van der Waals surface area contributed by atoms with E-state index >= 15 is 0 Å². The molecule has 1 aromatic heterocycles. The van der Waals surface area contributed by atoms with Crippen molar-refractivity contribution in [1.29, 1.82) is 0 Å². The van der Waals surface area contributed by atoms with Crippen molar-refractivity contribution in [2.45, 2.75) is 18.9 Å². The van der Waals surface area contributed by atoms with Gasteiger partial charge in [0.25, 0.3) is 5.91 Å². The number of nitrogens with one attached hydrogen (secondary N) is 1. The number of rotatable bonds is 7. The van der Waals surface area contributed by atoms with Crippen LogP contribution in [0.3, 0.4) is 0 Å². The first-order chi connectivity index (χ1) is 11.3. The highest BCUT2D eigenvalue weighted by molar-refractivity contribution is 7.91. The summed E-state index contributed by atoms with van der Waals surface area (Å²) in [4.78, 5) is 24.2. The SMILES string of the molecule is CN(C)CCCNC(=O)c1cc(N(C)C2CCS(=O)(=O)C2)ncn1. The second-order valence-corrected chi connectivity index (χ2v) is 8.57. The molecule has 1 aliphatic rings. The normalized spacial score (nSPS) is 19.4. The van der Waals surface area contributed by atoms with Crippen molar-refractivity contribution in [2.24, 2.45) is 0 Å². The Kier molecular flexibility index (Phi) is 6.11. The molecule has 1 aromatic rings. The molecule has 1 saturated heterocycles. The number of hydrogen-bond donors (Lipinski definition) is 1. The van der Waals surface area contributed by atoms with Crippen LogP contribution < -0.4 is 10.2 Å². The van der Waals surface area contributed by atoms with E-state index in [0.717, 1.165) is 13.0 Å². The summed E-state index contributed by atoms with van der Waals surface area (Å²) < 4.78 is 23.2. The molecule has 0 aliphatic carbocycles. The number of aromatic nitrogens is 2. The molecule has 1 aliphatic heterocycles. The van der Waals surface area contributed by atoms with E-state index in [-0.39, 0.29) is 29.1 Å². The minimum atomic E-state index is -2.97. The Morgan fingerprint density at radius 1 is 1.33 bits per heavy atom. The Bertz CT molecular complexity index is 677. The third-order valence-electron chi connectivity index (χ3n) is 4.07. The van der Waals surface area contributed by atoms with Gasteiger partial charge in [-0.25, -0.2) is 18.4 Å². The van der Waals surface area contributed by atoms with E-state index in [1.54, 1.807) is 13.1 Å². The van der Waals surface area contributed by atoms with Crippen molar-refractivity contribution < 1.29 is 13.2 Å². The number of amides is 1. The molecule has 0 saturated carbocycles. The second kappa shape index (κ2) is 7.89. The van der Waals surface area contributed by atoms with Crippen molar-refractivity contribution in [3.05, 3.63) is 18.1 Å². The van der Waals surface area contributed by atoms with Crippen LogP contribution in [0.15, 0.2) is 12.4 Å². The molecule has 1 atom stereocenters. The molecule has 134 valence electrons. The van der Waals surface area contributed by atoms with Gasteiger partial charge in [-0.1, -0.05) is 0 Å². The van der Waals surface area contributed by atoms with Gasteiger partial charge in [0.2, 0.25) is 0 Å². The van der Waals surface area contributed by atoms with Crippen molar-refractivity contribution in [2.75, 3.05) is 50.6 Å². The maximum absolute atomic E-state index is 12.2. The maximum atomic E-state index is 12.2. The zero-order valence-corrected chi connectivity index (χ0v) is 15.2. The van der Waals surface area contributed by atoms with Crippen molar-refractivity contribution in [1.82, 2.24) is 20.2 Å². The van der Waals surface area contributed by atoms with E-state index in [2.05, 4.69) is 20.2 Å². The molecule has 1 N–H and O–H groups in total. The van der Waals surface area contributed by atoms with E-state index in [4.69, 9.17) is 0 Å². The van der Waals surface area contributed by atoms with Gasteiger partial charge >= 0.3 is 0 Å². The lowest BCUT2D eigenvalue weighted by Gasteiger charge is -2.24. The molecule has 0 aromatic carbocycles. The minimum absolute atomic E-state index is 0.110. The van der Waals surface area contributed by atoms with Crippen LogP contribution in [0.2, 0.25) is 0 Å². The predicted octanol–water partition coefficient (Wildman–Crippen LogP) is -0.219. The first-order valence-electron chi connectivity index (χ1n) is 7.97. The van der Waals surface area contributed by atoms with Crippen LogP contribution in [0.5, 0.6) is 0 Å². The summed E-state index contributed by atoms with van der Waals surface area (Å²) in [6, 6.07) is 1.49. The highest BCUT2D eigenvalue weighted by Crippen LogP contribution is 2.21. The van der Waals surface area contributed by atoms with Gasteiger partial charge in [-0.2, -0.15) is 0 Å². The van der Waals surface area contributed by atoms with Crippen LogP contribution in [0.25, 0.3) is 0 Å². The Morgan fingerprint density at radius 3 is 2.71 bits per heavy atom. The summed E-state index contributed by atoms with van der Waals surface area (Å²) in [5, 5.41) is 2.83. The summed E-state index contributed by atoms with van der Waals surface area (Å²) in [6.45, 7) is 1.47.